The smallest absolute Gasteiger partial charge is 0.323 e. The van der Waals surface area contributed by atoms with Crippen molar-refractivity contribution in [1.29, 1.82) is 0 Å². The standard InChI is InChI=1S/C28H24N6O2S/c1-17-4-2-6-21(12-17)34-28(36)33-20-9-7-19(8-10-20)23-16-37-25-22(15-31-26(29)24(23)25)27(35)32-14-18-5-3-11-30-13-18/h2-13,15-16H,14H2,1H3,(H2,29,31)(H,32,35)(H2,33,34,36). The monoisotopic (exact) mass is 508 g/mol. The summed E-state index contributed by atoms with van der Waals surface area (Å²) in [4.78, 5) is 33.7. The zero-order chi connectivity index (χ0) is 25.8. The van der Waals surface area contributed by atoms with Crippen LogP contribution in [0.25, 0.3) is 21.2 Å². The molecular formula is C28H24N6O2S. The summed E-state index contributed by atoms with van der Waals surface area (Å²) < 4.78 is 0.769. The number of nitrogen functional groups attached to an aromatic ring is 1. The second-order valence-electron chi connectivity index (χ2n) is 8.48. The number of carbonyl (C=O) groups excluding carboxylic acids is 2. The summed E-state index contributed by atoms with van der Waals surface area (Å²) >= 11 is 1.44. The predicted octanol–water partition coefficient (Wildman–Crippen LogP) is 5.82. The highest BCUT2D eigenvalue weighted by atomic mass is 32.1. The van der Waals surface area contributed by atoms with Gasteiger partial charge in [-0.05, 0) is 59.3 Å². The molecule has 0 atom stereocenters. The first-order valence-electron chi connectivity index (χ1n) is 11.6. The molecule has 3 amide bonds. The number of amides is 3. The molecule has 0 aliphatic heterocycles. The summed E-state index contributed by atoms with van der Waals surface area (Å²) in [6, 6.07) is 18.4. The fraction of sp³-hybridized carbons (Fsp3) is 0.0714. The first-order chi connectivity index (χ1) is 18.0. The van der Waals surface area contributed by atoms with Crippen LogP contribution in [0.1, 0.15) is 21.5 Å². The number of thiophene rings is 1. The quantitative estimate of drug-likeness (QED) is 0.230. The fourth-order valence-corrected chi connectivity index (χ4v) is 5.07. The van der Waals surface area contributed by atoms with E-state index in [1.165, 1.54) is 17.5 Å². The Morgan fingerprint density at radius 2 is 1.78 bits per heavy atom. The topological polar surface area (TPSA) is 122 Å². The number of hydrogen-bond donors (Lipinski definition) is 4. The molecule has 0 spiro atoms. The van der Waals surface area contributed by atoms with Gasteiger partial charge in [-0.3, -0.25) is 9.78 Å². The number of rotatable bonds is 6. The van der Waals surface area contributed by atoms with Gasteiger partial charge in [0.1, 0.15) is 5.82 Å². The number of pyridine rings is 2. The molecule has 0 radical (unpaired) electrons. The van der Waals surface area contributed by atoms with Crippen molar-refractivity contribution in [3.05, 3.63) is 101 Å². The Morgan fingerprint density at radius 3 is 2.54 bits per heavy atom. The van der Waals surface area contributed by atoms with E-state index in [-0.39, 0.29) is 11.9 Å². The highest BCUT2D eigenvalue weighted by molar-refractivity contribution is 7.18. The Hall–Kier alpha value is -4.76. The Bertz CT molecular complexity index is 1580. The number of carbonyl (C=O) groups is 2. The van der Waals surface area contributed by atoms with Crippen LogP contribution in [0, 0.1) is 6.92 Å². The highest BCUT2D eigenvalue weighted by Crippen LogP contribution is 2.38. The maximum Gasteiger partial charge on any atom is 0.323 e. The van der Waals surface area contributed by atoms with Gasteiger partial charge in [-0.25, -0.2) is 9.78 Å². The molecule has 0 saturated carbocycles. The van der Waals surface area contributed by atoms with Crippen molar-refractivity contribution >= 4 is 50.6 Å². The molecule has 2 aromatic carbocycles. The number of anilines is 3. The predicted molar refractivity (Wildman–Crippen MR) is 149 cm³/mol. The minimum Gasteiger partial charge on any atom is -0.383 e. The lowest BCUT2D eigenvalue weighted by Crippen LogP contribution is -2.23. The van der Waals surface area contributed by atoms with Crippen molar-refractivity contribution in [1.82, 2.24) is 15.3 Å². The summed E-state index contributed by atoms with van der Waals surface area (Å²) in [5.41, 5.74) is 11.8. The summed E-state index contributed by atoms with van der Waals surface area (Å²) in [5.74, 6) is 0.128. The van der Waals surface area contributed by atoms with Crippen LogP contribution >= 0.6 is 11.3 Å². The fourth-order valence-electron chi connectivity index (χ4n) is 3.97. The number of aryl methyl sites for hydroxylation is 1. The lowest BCUT2D eigenvalue weighted by Gasteiger charge is -2.10. The number of fused-ring (bicyclic) bond motifs is 1. The van der Waals surface area contributed by atoms with Gasteiger partial charge >= 0.3 is 6.03 Å². The molecule has 9 heteroatoms. The summed E-state index contributed by atoms with van der Waals surface area (Å²) in [5, 5.41) is 11.3. The van der Waals surface area contributed by atoms with E-state index in [9.17, 15) is 9.59 Å². The second kappa shape index (κ2) is 10.5. The van der Waals surface area contributed by atoms with Crippen molar-refractivity contribution in [2.45, 2.75) is 13.5 Å². The van der Waals surface area contributed by atoms with E-state index in [4.69, 9.17) is 5.73 Å². The molecule has 0 bridgehead atoms. The minimum atomic E-state index is -0.324. The van der Waals surface area contributed by atoms with E-state index < -0.39 is 0 Å². The van der Waals surface area contributed by atoms with Crippen LogP contribution in [0.2, 0.25) is 0 Å². The normalized spacial score (nSPS) is 10.7. The third-order valence-electron chi connectivity index (χ3n) is 5.77. The van der Waals surface area contributed by atoms with E-state index in [1.807, 2.05) is 73.0 Å². The molecule has 3 aromatic heterocycles. The molecule has 0 saturated heterocycles. The van der Waals surface area contributed by atoms with E-state index in [2.05, 4.69) is 25.9 Å². The SMILES string of the molecule is Cc1cccc(NC(=O)Nc2ccc(-c3csc4c(C(=O)NCc5cccnc5)cnc(N)c34)cc2)c1. The van der Waals surface area contributed by atoms with Crippen molar-refractivity contribution in [2.24, 2.45) is 0 Å². The van der Waals surface area contributed by atoms with Crippen LogP contribution in [0.5, 0.6) is 0 Å². The first-order valence-corrected chi connectivity index (χ1v) is 12.4. The lowest BCUT2D eigenvalue weighted by molar-refractivity contribution is 0.0952. The van der Waals surface area contributed by atoms with Crippen molar-refractivity contribution in [3.8, 4) is 11.1 Å². The van der Waals surface area contributed by atoms with Gasteiger partial charge < -0.3 is 21.7 Å². The van der Waals surface area contributed by atoms with Crippen LogP contribution in [0.4, 0.5) is 22.0 Å². The zero-order valence-corrected chi connectivity index (χ0v) is 20.8. The Kier molecular flexibility index (Phi) is 6.78. The molecule has 0 unspecified atom stereocenters. The van der Waals surface area contributed by atoms with Crippen LogP contribution in [0.15, 0.2) is 84.6 Å². The zero-order valence-electron chi connectivity index (χ0n) is 20.0. The summed E-state index contributed by atoms with van der Waals surface area (Å²) in [6.07, 6.45) is 4.91. The average molecular weight is 509 g/mol. The molecule has 5 aromatic rings. The Morgan fingerprint density at radius 1 is 0.973 bits per heavy atom. The molecule has 0 fully saturated rings. The maximum atomic E-state index is 12.9. The van der Waals surface area contributed by atoms with Crippen molar-refractivity contribution in [3.63, 3.8) is 0 Å². The van der Waals surface area contributed by atoms with Crippen molar-refractivity contribution < 1.29 is 9.59 Å². The van der Waals surface area contributed by atoms with Crippen LogP contribution in [-0.4, -0.2) is 21.9 Å². The van der Waals surface area contributed by atoms with E-state index in [0.717, 1.165) is 38.0 Å². The van der Waals surface area contributed by atoms with Gasteiger partial charge in [0.25, 0.3) is 5.91 Å². The largest absolute Gasteiger partial charge is 0.383 e. The molecular weight excluding hydrogens is 484 g/mol. The van der Waals surface area contributed by atoms with Gasteiger partial charge in [0.05, 0.1) is 10.3 Å². The molecule has 0 aliphatic carbocycles. The first kappa shape index (κ1) is 24.0. The van der Waals surface area contributed by atoms with Gasteiger partial charge in [0, 0.05) is 47.5 Å². The molecule has 5 rings (SSSR count). The maximum absolute atomic E-state index is 12.9. The molecule has 37 heavy (non-hydrogen) atoms. The lowest BCUT2D eigenvalue weighted by atomic mass is 10.0. The number of nitrogens with zero attached hydrogens (tertiary/aromatic N) is 2. The van der Waals surface area contributed by atoms with Gasteiger partial charge in [0.2, 0.25) is 0 Å². The number of aromatic nitrogens is 2. The minimum absolute atomic E-state index is 0.228. The number of nitrogens with two attached hydrogens (primary N) is 1. The van der Waals surface area contributed by atoms with Crippen LogP contribution in [0.3, 0.4) is 0 Å². The van der Waals surface area contributed by atoms with Crippen molar-refractivity contribution in [2.75, 3.05) is 16.4 Å². The van der Waals surface area contributed by atoms with Crippen LogP contribution < -0.4 is 21.7 Å². The second-order valence-corrected chi connectivity index (χ2v) is 9.36. The Balaban J connectivity index is 1.33. The summed E-state index contributed by atoms with van der Waals surface area (Å²) in [7, 11) is 0. The van der Waals surface area contributed by atoms with Gasteiger partial charge in [-0.2, -0.15) is 0 Å². The number of hydrogen-bond acceptors (Lipinski definition) is 6. The van der Waals surface area contributed by atoms with E-state index in [1.54, 1.807) is 12.4 Å². The van der Waals surface area contributed by atoms with Gasteiger partial charge in [-0.1, -0.05) is 30.3 Å². The van der Waals surface area contributed by atoms with E-state index >= 15 is 0 Å². The number of nitrogens with one attached hydrogen (secondary N) is 3. The third-order valence-corrected chi connectivity index (χ3v) is 6.79. The highest BCUT2D eigenvalue weighted by Gasteiger charge is 2.18. The van der Waals surface area contributed by atoms with Crippen LogP contribution in [-0.2, 0) is 6.54 Å². The van der Waals surface area contributed by atoms with Gasteiger partial charge in [0.15, 0.2) is 0 Å². The molecule has 8 nitrogen and oxygen atoms in total. The Labute approximate surface area is 217 Å². The average Bonchev–Trinajstić information content (AvgIpc) is 3.35. The third kappa shape index (κ3) is 5.41. The summed E-state index contributed by atoms with van der Waals surface area (Å²) in [6.45, 7) is 2.33. The van der Waals surface area contributed by atoms with Gasteiger partial charge in [-0.15, -0.1) is 11.3 Å². The molecule has 3 heterocycles. The molecule has 0 aliphatic rings. The molecule has 184 valence electrons. The number of benzene rings is 2. The molecule has 5 N–H and O–H groups in total. The van der Waals surface area contributed by atoms with E-state index in [0.29, 0.717) is 23.6 Å². The number of urea groups is 1.